The molecule has 0 unspecified atom stereocenters. The predicted molar refractivity (Wildman–Crippen MR) is 299 cm³/mol. The van der Waals surface area contributed by atoms with Crippen LogP contribution in [-0.4, -0.2) is 119 Å². The number of aromatic nitrogens is 2. The van der Waals surface area contributed by atoms with Gasteiger partial charge in [-0.1, -0.05) is 15.9 Å². The average Bonchev–Trinajstić information content (AvgIpc) is 4.00. The molecule has 2 saturated carbocycles. The Morgan fingerprint density at radius 3 is 1.44 bits per heavy atom. The van der Waals surface area contributed by atoms with Crippen LogP contribution in [-0.2, 0) is 39.0 Å². The van der Waals surface area contributed by atoms with E-state index in [-0.39, 0.29) is 63.9 Å². The molecule has 18 nitrogen and oxygen atoms in total. The highest BCUT2D eigenvalue weighted by molar-refractivity contribution is 9.09. The summed E-state index contributed by atoms with van der Waals surface area (Å²) in [7, 11) is -4.41. The molecule has 0 bridgehead atoms. The number of aromatic hydroxyl groups is 1. The molecule has 0 radical (unpaired) electrons. The summed E-state index contributed by atoms with van der Waals surface area (Å²) in [5, 5.41) is 18.7. The van der Waals surface area contributed by atoms with Crippen molar-refractivity contribution in [3.05, 3.63) is 58.8 Å². The fourth-order valence-electron chi connectivity index (χ4n) is 8.19. The number of nitrogens with zero attached hydrogens (tertiary/aromatic N) is 2. The first-order valence-electron chi connectivity index (χ1n) is 25.2. The van der Waals surface area contributed by atoms with Crippen LogP contribution in [0.2, 0.25) is 0 Å². The highest BCUT2D eigenvalue weighted by Gasteiger charge is 2.31. The molecule has 2 fully saturated rings. The summed E-state index contributed by atoms with van der Waals surface area (Å²) in [6.07, 6.45) is 9.30. The molecular formula is C52H79BrN6O12S4. The molecule has 0 aliphatic heterocycles. The van der Waals surface area contributed by atoms with Gasteiger partial charge in [0, 0.05) is 90.2 Å². The SMILES string of the molecule is CC(C)OC(=O)NC1CCC(c2ncc(-c3ccc(O)cc3S(=O)(=O)NC(C)(C)C)s2)CC1.COCCBr.COCCOc1ccc(-c2cnc(C3CCC(NC(=O)OC(C)C)CC3)s2)c(S(=O)(=O)NC(C)(C)C)c1. The summed E-state index contributed by atoms with van der Waals surface area (Å²) in [5.41, 5.74) is -0.198. The molecule has 5 N–H and O–H groups in total. The van der Waals surface area contributed by atoms with Crippen LogP contribution in [0.25, 0.3) is 20.9 Å². The molecule has 2 aliphatic rings. The van der Waals surface area contributed by atoms with Crippen LogP contribution in [0.15, 0.2) is 58.6 Å². The topological polar surface area (TPSA) is 243 Å². The van der Waals surface area contributed by atoms with Crippen LogP contribution in [0, 0.1) is 0 Å². The maximum Gasteiger partial charge on any atom is 0.407 e. The fraction of sp³-hybridized carbons (Fsp3) is 0.615. The molecule has 0 atom stereocenters. The number of phenols is 1. The van der Waals surface area contributed by atoms with E-state index in [1.807, 2.05) is 48.5 Å². The zero-order valence-corrected chi connectivity index (χ0v) is 50.3. The van der Waals surface area contributed by atoms with Crippen molar-refractivity contribution in [2.75, 3.05) is 39.4 Å². The quantitative estimate of drug-likeness (QED) is 0.0460. The summed E-state index contributed by atoms with van der Waals surface area (Å²) < 4.78 is 83.9. The molecule has 2 aromatic carbocycles. The van der Waals surface area contributed by atoms with Gasteiger partial charge in [0.15, 0.2) is 0 Å². The highest BCUT2D eigenvalue weighted by atomic mass is 79.9. The number of halogens is 1. The number of phenolic OH excluding ortho intramolecular Hbond substituents is 1. The minimum Gasteiger partial charge on any atom is -0.508 e. The Balaban J connectivity index is 0.000000299. The number of thiazole rings is 2. The summed E-state index contributed by atoms with van der Waals surface area (Å²) in [5.74, 6) is 0.872. The Kier molecular flexibility index (Phi) is 24.7. The van der Waals surface area contributed by atoms with Gasteiger partial charge in [-0.25, -0.2) is 45.8 Å². The third-order valence-corrected chi connectivity index (χ3v) is 17.6. The van der Waals surface area contributed by atoms with Gasteiger partial charge in [-0.15, -0.1) is 22.7 Å². The number of sulfonamides is 2. The van der Waals surface area contributed by atoms with Gasteiger partial charge in [-0.2, -0.15) is 0 Å². The van der Waals surface area contributed by atoms with Crippen molar-refractivity contribution in [3.8, 4) is 32.4 Å². The third-order valence-electron chi connectivity index (χ3n) is 11.3. The van der Waals surface area contributed by atoms with Crippen molar-refractivity contribution in [2.45, 2.75) is 178 Å². The number of alkyl halides is 1. The molecule has 0 saturated heterocycles. The largest absolute Gasteiger partial charge is 0.508 e. The van der Waals surface area contributed by atoms with Crippen molar-refractivity contribution in [1.29, 1.82) is 0 Å². The molecule has 420 valence electrons. The van der Waals surface area contributed by atoms with Gasteiger partial charge in [0.1, 0.15) is 18.1 Å². The molecule has 75 heavy (non-hydrogen) atoms. The van der Waals surface area contributed by atoms with Crippen LogP contribution < -0.4 is 24.8 Å². The summed E-state index contributed by atoms with van der Waals surface area (Å²) in [4.78, 5) is 34.7. The van der Waals surface area contributed by atoms with E-state index in [0.717, 1.165) is 83.1 Å². The highest BCUT2D eigenvalue weighted by Crippen LogP contribution is 2.42. The Labute approximate surface area is 461 Å². The maximum absolute atomic E-state index is 13.4. The van der Waals surface area contributed by atoms with Gasteiger partial charge < -0.3 is 39.4 Å². The van der Waals surface area contributed by atoms with Crippen LogP contribution in [0.4, 0.5) is 9.59 Å². The zero-order valence-electron chi connectivity index (χ0n) is 45.4. The Bertz CT molecular complexity index is 2650. The van der Waals surface area contributed by atoms with Crippen molar-refractivity contribution in [2.24, 2.45) is 0 Å². The van der Waals surface area contributed by atoms with Gasteiger partial charge in [-0.3, -0.25) is 0 Å². The normalized spacial score (nSPS) is 18.3. The van der Waals surface area contributed by atoms with Crippen LogP contribution in [0.1, 0.15) is 142 Å². The molecule has 23 heteroatoms. The Morgan fingerprint density at radius 2 is 1.07 bits per heavy atom. The second kappa shape index (κ2) is 29.2. The van der Waals surface area contributed by atoms with Gasteiger partial charge in [0.25, 0.3) is 0 Å². The monoisotopic (exact) mass is 1190 g/mol. The molecule has 2 aromatic heterocycles. The van der Waals surface area contributed by atoms with Gasteiger partial charge in [0.05, 0.1) is 55.0 Å². The van der Waals surface area contributed by atoms with E-state index in [9.17, 15) is 31.5 Å². The second-order valence-electron chi connectivity index (χ2n) is 21.0. The number of hydrogen-bond donors (Lipinski definition) is 5. The second-order valence-corrected chi connectivity index (χ2v) is 27.2. The number of benzene rings is 2. The summed E-state index contributed by atoms with van der Waals surface area (Å²) in [6, 6.07) is 9.66. The average molecular weight is 1190 g/mol. The number of carbonyl (C=O) groups is 2. The molecule has 6 rings (SSSR count). The molecular weight excluding hydrogens is 1110 g/mol. The number of nitrogens with one attached hydrogen (secondary N) is 4. The zero-order chi connectivity index (χ0) is 55.7. The van der Waals surface area contributed by atoms with E-state index in [0.29, 0.717) is 30.1 Å². The van der Waals surface area contributed by atoms with E-state index in [4.69, 9.17) is 18.9 Å². The molecule has 2 amide bonds. The Morgan fingerprint density at radius 1 is 0.653 bits per heavy atom. The minimum atomic E-state index is -3.85. The number of amides is 2. The minimum absolute atomic E-state index is 0.0317. The molecule has 0 spiro atoms. The van der Waals surface area contributed by atoms with Gasteiger partial charge >= 0.3 is 12.2 Å². The van der Waals surface area contributed by atoms with Crippen LogP contribution in [0.5, 0.6) is 11.5 Å². The fourth-order valence-corrected chi connectivity index (χ4v) is 14.2. The summed E-state index contributed by atoms with van der Waals surface area (Å²) in [6.45, 7) is 19.6. The maximum atomic E-state index is 13.4. The van der Waals surface area contributed by atoms with E-state index in [1.54, 1.807) is 71.6 Å². The van der Waals surface area contributed by atoms with Gasteiger partial charge in [-0.05, 0) is 145 Å². The number of ether oxygens (including phenoxy) is 5. The number of alkyl carbamates (subject to hydrolysis) is 2. The van der Waals surface area contributed by atoms with Gasteiger partial charge in [0.2, 0.25) is 20.0 Å². The first kappa shape index (κ1) is 63.6. The lowest BCUT2D eigenvalue weighted by atomic mass is 9.86. The molecule has 4 aromatic rings. The third kappa shape index (κ3) is 21.4. The van der Waals surface area contributed by atoms with Crippen molar-refractivity contribution < 1.29 is 55.2 Å². The molecule has 2 heterocycles. The lowest BCUT2D eigenvalue weighted by Gasteiger charge is -2.28. The van der Waals surface area contributed by atoms with Crippen molar-refractivity contribution in [1.82, 2.24) is 30.0 Å². The smallest absolute Gasteiger partial charge is 0.407 e. The molecule has 2 aliphatic carbocycles. The van der Waals surface area contributed by atoms with E-state index >= 15 is 0 Å². The van der Waals surface area contributed by atoms with Crippen LogP contribution in [0.3, 0.4) is 0 Å². The number of hydrogen-bond acceptors (Lipinski definition) is 16. The lowest BCUT2D eigenvalue weighted by molar-refractivity contribution is 0.108. The van der Waals surface area contributed by atoms with Crippen LogP contribution >= 0.6 is 38.6 Å². The van der Waals surface area contributed by atoms with E-state index in [1.165, 1.54) is 34.8 Å². The predicted octanol–water partition coefficient (Wildman–Crippen LogP) is 10.9. The number of methoxy groups -OCH3 is 2. The van der Waals surface area contributed by atoms with Crippen molar-refractivity contribution >= 4 is 70.8 Å². The Hall–Kier alpha value is -3.94. The van der Waals surface area contributed by atoms with E-state index < -0.39 is 31.1 Å². The number of rotatable bonds is 18. The number of carbonyl (C=O) groups excluding carboxylic acids is 2. The first-order chi connectivity index (χ1) is 35.1. The first-order valence-corrected chi connectivity index (χ1v) is 30.9. The summed E-state index contributed by atoms with van der Waals surface area (Å²) >= 11 is 6.17. The van der Waals surface area contributed by atoms with E-state index in [2.05, 4.69) is 50.7 Å². The standard InChI is InChI=1S/C26H39N3O6S2.C23H33N3O5S2.C3H7BrO/c1-17(2)35-25(30)28-19-9-7-18(8-10-19)24-27-16-22(36-24)21-12-11-20(34-14-13-33-6)15-23(21)37(31,32)29-26(3,4)5;1-14(2)31-22(28)25-16-8-6-15(7-9-16)21-24-13-19(32-21)18-11-10-17(27)12-20(18)33(29,30)26-23(3,4)5;1-5-3-2-4/h11-12,15-19,29H,7-10,13-14H2,1-6H3,(H,28,30);10-16,26-27H,6-9H2,1-5H3,(H,25,28);2-3H2,1H3. The lowest BCUT2D eigenvalue weighted by Crippen LogP contribution is -2.40. The van der Waals surface area contributed by atoms with Crippen molar-refractivity contribution in [3.63, 3.8) is 0 Å².